The predicted octanol–water partition coefficient (Wildman–Crippen LogP) is 4.26. The first-order valence-corrected chi connectivity index (χ1v) is 9.41. The number of amides is 2. The highest BCUT2D eigenvalue weighted by atomic mass is 35.5. The van der Waals surface area contributed by atoms with E-state index in [1.54, 1.807) is 29.0 Å². The molecule has 0 aliphatic carbocycles. The number of nitrogens with one attached hydrogen (secondary N) is 2. The Balaban J connectivity index is 2.16. The minimum absolute atomic E-state index is 0.201. The second-order valence-electron chi connectivity index (χ2n) is 6.29. The van der Waals surface area contributed by atoms with Crippen molar-refractivity contribution in [1.29, 1.82) is 0 Å². The molecule has 1 aromatic carbocycles. The molecule has 0 atom stereocenters. The van der Waals surface area contributed by atoms with E-state index in [9.17, 15) is 9.59 Å². The van der Waals surface area contributed by atoms with Gasteiger partial charge < -0.3 is 15.4 Å². The monoisotopic (exact) mass is 404 g/mol. The van der Waals surface area contributed by atoms with Crippen LogP contribution in [0.1, 0.15) is 37.9 Å². The molecule has 1 aromatic heterocycles. The molecule has 7 nitrogen and oxygen atoms in total. The highest BCUT2D eigenvalue weighted by Gasteiger charge is 2.12. The maximum Gasteiger partial charge on any atom is 0.248 e. The number of anilines is 2. The van der Waals surface area contributed by atoms with Gasteiger partial charge in [0.05, 0.1) is 18.5 Å². The van der Waals surface area contributed by atoms with Gasteiger partial charge >= 0.3 is 0 Å². The molecule has 2 aromatic rings. The number of aromatic nitrogens is 2. The van der Waals surface area contributed by atoms with Gasteiger partial charge in [-0.25, -0.2) is 0 Å². The predicted molar refractivity (Wildman–Crippen MR) is 112 cm³/mol. The quantitative estimate of drug-likeness (QED) is 0.643. The Morgan fingerprint density at radius 2 is 2.07 bits per heavy atom. The van der Waals surface area contributed by atoms with Crippen LogP contribution in [0.4, 0.5) is 11.4 Å². The summed E-state index contributed by atoms with van der Waals surface area (Å²) in [5.41, 5.74) is 2.48. The van der Waals surface area contributed by atoms with E-state index >= 15 is 0 Å². The van der Waals surface area contributed by atoms with Gasteiger partial charge in [0.1, 0.15) is 10.9 Å². The topological polar surface area (TPSA) is 85.3 Å². The maximum absolute atomic E-state index is 12.4. The van der Waals surface area contributed by atoms with Gasteiger partial charge in [0.2, 0.25) is 11.8 Å². The molecule has 0 spiro atoms. The number of methoxy groups -OCH3 is 1. The number of carbonyl (C=O) groups is 2. The molecule has 2 N–H and O–H groups in total. The summed E-state index contributed by atoms with van der Waals surface area (Å²) in [5, 5.41) is 10.4. The number of hydrogen-bond acceptors (Lipinski definition) is 4. The molecule has 28 heavy (non-hydrogen) atoms. The number of carbonyl (C=O) groups excluding carboxylic acids is 2. The van der Waals surface area contributed by atoms with Crippen molar-refractivity contribution >= 4 is 40.9 Å². The Morgan fingerprint density at radius 1 is 1.32 bits per heavy atom. The number of hydrogen-bond donors (Lipinski definition) is 2. The van der Waals surface area contributed by atoms with E-state index in [1.807, 2.05) is 6.92 Å². The van der Waals surface area contributed by atoms with Gasteiger partial charge in [-0.15, -0.1) is 0 Å². The van der Waals surface area contributed by atoms with Gasteiger partial charge in [0.15, 0.2) is 0 Å². The van der Waals surface area contributed by atoms with Crippen LogP contribution in [-0.2, 0) is 16.1 Å². The first-order valence-electron chi connectivity index (χ1n) is 9.03. The second kappa shape index (κ2) is 9.94. The minimum Gasteiger partial charge on any atom is -0.495 e. The van der Waals surface area contributed by atoms with Crippen molar-refractivity contribution in [3.63, 3.8) is 0 Å². The van der Waals surface area contributed by atoms with Crippen LogP contribution in [0, 0.1) is 6.92 Å². The number of nitrogens with zero attached hydrogens (tertiary/aromatic N) is 2. The fourth-order valence-corrected chi connectivity index (χ4v) is 2.95. The fourth-order valence-electron chi connectivity index (χ4n) is 2.63. The van der Waals surface area contributed by atoms with Gasteiger partial charge in [-0.1, -0.05) is 24.9 Å². The minimum atomic E-state index is -0.352. The van der Waals surface area contributed by atoms with Crippen LogP contribution in [0.2, 0.25) is 5.15 Å². The fraction of sp³-hybridized carbons (Fsp3) is 0.350. The van der Waals surface area contributed by atoms with E-state index in [0.29, 0.717) is 27.8 Å². The molecule has 0 saturated heterocycles. The van der Waals surface area contributed by atoms with Crippen molar-refractivity contribution in [2.75, 3.05) is 17.7 Å². The number of ether oxygens (including phenoxy) is 1. The van der Waals surface area contributed by atoms with Crippen LogP contribution in [-0.4, -0.2) is 28.7 Å². The second-order valence-corrected chi connectivity index (χ2v) is 6.64. The summed E-state index contributed by atoms with van der Waals surface area (Å²) in [6.07, 6.45) is 5.06. The summed E-state index contributed by atoms with van der Waals surface area (Å²) < 4.78 is 7.01. The van der Waals surface area contributed by atoms with Gasteiger partial charge in [0, 0.05) is 30.8 Å². The van der Waals surface area contributed by atoms with Crippen molar-refractivity contribution in [2.24, 2.45) is 0 Å². The Hall–Kier alpha value is -2.80. The Kier molecular flexibility index (Phi) is 7.63. The molecule has 0 radical (unpaired) electrons. The molecule has 0 fully saturated rings. The summed E-state index contributed by atoms with van der Waals surface area (Å²) in [6, 6.07) is 5.00. The lowest BCUT2D eigenvalue weighted by atomic mass is 10.2. The van der Waals surface area contributed by atoms with E-state index in [-0.39, 0.29) is 11.8 Å². The molecule has 2 rings (SSSR count). The lowest BCUT2D eigenvalue weighted by molar-refractivity contribution is -0.114. The van der Waals surface area contributed by atoms with Crippen LogP contribution in [0.15, 0.2) is 24.3 Å². The number of rotatable bonds is 8. The SMILES string of the molecule is CCCCn1nc(C)c(/C=C/C(=O)Nc2cc(NC(C)=O)ccc2OC)c1Cl. The molecule has 0 unspecified atom stereocenters. The Bertz CT molecular complexity index is 890. The number of benzene rings is 1. The molecule has 0 aliphatic rings. The zero-order valence-corrected chi connectivity index (χ0v) is 17.3. The summed E-state index contributed by atoms with van der Waals surface area (Å²) in [7, 11) is 1.51. The third-order valence-corrected chi connectivity index (χ3v) is 4.41. The number of aryl methyl sites for hydroxylation is 2. The standard InChI is InChI=1S/C20H25ClN4O3/c1-5-6-11-25-20(21)16(13(2)24-25)8-10-19(27)23-17-12-15(22-14(3)26)7-9-18(17)28-4/h7-10,12H,5-6,11H2,1-4H3,(H,22,26)(H,23,27)/b10-8+. The molecule has 8 heteroatoms. The lowest BCUT2D eigenvalue weighted by Gasteiger charge is -2.11. The molecule has 2 amide bonds. The summed E-state index contributed by atoms with van der Waals surface area (Å²) >= 11 is 6.38. The van der Waals surface area contributed by atoms with Crippen LogP contribution in [0.5, 0.6) is 5.75 Å². The molecule has 0 saturated carbocycles. The Labute approximate surface area is 169 Å². The number of unbranched alkanes of at least 4 members (excludes halogenated alkanes) is 1. The average Bonchev–Trinajstić information content (AvgIpc) is 2.91. The van der Waals surface area contributed by atoms with Gasteiger partial charge in [-0.2, -0.15) is 5.10 Å². The van der Waals surface area contributed by atoms with Crippen molar-refractivity contribution in [1.82, 2.24) is 9.78 Å². The maximum atomic E-state index is 12.4. The van der Waals surface area contributed by atoms with E-state index in [1.165, 1.54) is 20.1 Å². The van der Waals surface area contributed by atoms with E-state index in [4.69, 9.17) is 16.3 Å². The van der Waals surface area contributed by atoms with Crippen LogP contribution in [0.3, 0.4) is 0 Å². The van der Waals surface area contributed by atoms with E-state index in [2.05, 4.69) is 22.7 Å². The van der Waals surface area contributed by atoms with Crippen molar-refractivity contribution in [3.8, 4) is 5.75 Å². The number of halogens is 1. The van der Waals surface area contributed by atoms with Gasteiger partial charge in [-0.3, -0.25) is 14.3 Å². The highest BCUT2D eigenvalue weighted by Crippen LogP contribution is 2.28. The smallest absolute Gasteiger partial charge is 0.248 e. The molecule has 0 bridgehead atoms. The molecule has 0 aliphatic heterocycles. The largest absolute Gasteiger partial charge is 0.495 e. The van der Waals surface area contributed by atoms with Crippen LogP contribution < -0.4 is 15.4 Å². The average molecular weight is 405 g/mol. The molecular formula is C20H25ClN4O3. The molecule has 150 valence electrons. The van der Waals surface area contributed by atoms with E-state index < -0.39 is 0 Å². The van der Waals surface area contributed by atoms with Gasteiger partial charge in [-0.05, 0) is 37.6 Å². The third kappa shape index (κ3) is 5.60. The summed E-state index contributed by atoms with van der Waals surface area (Å²) in [4.78, 5) is 23.6. The lowest BCUT2D eigenvalue weighted by Crippen LogP contribution is -2.11. The summed E-state index contributed by atoms with van der Waals surface area (Å²) in [6.45, 7) is 6.11. The Morgan fingerprint density at radius 3 is 2.71 bits per heavy atom. The van der Waals surface area contributed by atoms with Gasteiger partial charge in [0.25, 0.3) is 0 Å². The van der Waals surface area contributed by atoms with Crippen LogP contribution >= 0.6 is 11.6 Å². The zero-order chi connectivity index (χ0) is 20.7. The molecular weight excluding hydrogens is 380 g/mol. The molecule has 1 heterocycles. The first-order chi connectivity index (χ1) is 13.3. The van der Waals surface area contributed by atoms with Crippen molar-refractivity contribution < 1.29 is 14.3 Å². The summed E-state index contributed by atoms with van der Waals surface area (Å²) in [5.74, 6) is -0.0694. The van der Waals surface area contributed by atoms with Crippen LogP contribution in [0.25, 0.3) is 6.08 Å². The highest BCUT2D eigenvalue weighted by molar-refractivity contribution is 6.31. The normalized spacial score (nSPS) is 10.9. The third-order valence-electron chi connectivity index (χ3n) is 4.01. The zero-order valence-electron chi connectivity index (χ0n) is 16.5. The van der Waals surface area contributed by atoms with Crippen molar-refractivity contribution in [3.05, 3.63) is 40.7 Å². The first kappa shape index (κ1) is 21.5. The van der Waals surface area contributed by atoms with E-state index in [0.717, 1.165) is 25.1 Å². The van der Waals surface area contributed by atoms with Crippen molar-refractivity contribution in [2.45, 2.75) is 40.2 Å².